The SMILES string of the molecule is CCOC(CC)CCCCCl. The molecule has 0 saturated carbocycles. The van der Waals surface area contributed by atoms with Crippen LogP contribution >= 0.6 is 11.6 Å². The maximum absolute atomic E-state index is 5.56. The summed E-state index contributed by atoms with van der Waals surface area (Å²) in [6.07, 6.45) is 5.06. The highest BCUT2D eigenvalue weighted by molar-refractivity contribution is 6.17. The molecule has 0 heterocycles. The van der Waals surface area contributed by atoms with Gasteiger partial charge in [-0.05, 0) is 32.6 Å². The molecular weight excluding hydrogens is 160 g/mol. The molecule has 68 valence electrons. The standard InChI is InChI=1S/C9H19ClO/c1-3-9(11-4-2)7-5-6-8-10/h9H,3-8H2,1-2H3. The summed E-state index contributed by atoms with van der Waals surface area (Å²) in [6, 6.07) is 0. The van der Waals surface area contributed by atoms with E-state index in [1.807, 2.05) is 6.92 Å². The summed E-state index contributed by atoms with van der Waals surface area (Å²) in [5, 5.41) is 0. The van der Waals surface area contributed by atoms with Gasteiger partial charge in [0, 0.05) is 12.5 Å². The van der Waals surface area contributed by atoms with E-state index in [9.17, 15) is 0 Å². The number of hydrogen-bond acceptors (Lipinski definition) is 1. The van der Waals surface area contributed by atoms with Crippen molar-refractivity contribution < 1.29 is 4.74 Å². The topological polar surface area (TPSA) is 9.23 Å². The van der Waals surface area contributed by atoms with Crippen LogP contribution in [0.2, 0.25) is 0 Å². The molecule has 0 spiro atoms. The van der Waals surface area contributed by atoms with Gasteiger partial charge in [0.25, 0.3) is 0 Å². The number of ether oxygens (including phenoxy) is 1. The lowest BCUT2D eigenvalue weighted by Gasteiger charge is -2.13. The zero-order chi connectivity index (χ0) is 8.53. The van der Waals surface area contributed by atoms with Gasteiger partial charge in [-0.3, -0.25) is 0 Å². The summed E-state index contributed by atoms with van der Waals surface area (Å²) in [5.74, 6) is 0.780. The summed E-state index contributed by atoms with van der Waals surface area (Å²) in [6.45, 7) is 5.05. The van der Waals surface area contributed by atoms with Gasteiger partial charge in [0.1, 0.15) is 0 Å². The van der Waals surface area contributed by atoms with E-state index in [0.717, 1.165) is 31.7 Å². The number of alkyl halides is 1. The van der Waals surface area contributed by atoms with E-state index in [1.54, 1.807) is 0 Å². The van der Waals surface area contributed by atoms with E-state index in [4.69, 9.17) is 16.3 Å². The Bertz CT molecular complexity index is 76.0. The fraction of sp³-hybridized carbons (Fsp3) is 1.00. The van der Waals surface area contributed by atoms with Crippen LogP contribution in [0.4, 0.5) is 0 Å². The van der Waals surface area contributed by atoms with Crippen molar-refractivity contribution in [1.29, 1.82) is 0 Å². The minimum atomic E-state index is 0.461. The van der Waals surface area contributed by atoms with Crippen LogP contribution in [-0.2, 0) is 4.74 Å². The summed E-state index contributed by atoms with van der Waals surface area (Å²) in [5.41, 5.74) is 0. The van der Waals surface area contributed by atoms with Gasteiger partial charge in [0.15, 0.2) is 0 Å². The van der Waals surface area contributed by atoms with Crippen molar-refractivity contribution in [2.24, 2.45) is 0 Å². The first-order valence-electron chi connectivity index (χ1n) is 4.52. The van der Waals surface area contributed by atoms with Crippen LogP contribution in [0.3, 0.4) is 0 Å². The van der Waals surface area contributed by atoms with Crippen molar-refractivity contribution in [3.63, 3.8) is 0 Å². The Hall–Kier alpha value is 0.250. The van der Waals surface area contributed by atoms with Crippen LogP contribution in [0.15, 0.2) is 0 Å². The second-order valence-electron chi connectivity index (χ2n) is 2.67. The Labute approximate surface area is 75.1 Å². The molecule has 0 fully saturated rings. The Kier molecular flexibility index (Phi) is 8.54. The van der Waals surface area contributed by atoms with E-state index in [-0.39, 0.29) is 0 Å². The van der Waals surface area contributed by atoms with E-state index in [1.165, 1.54) is 6.42 Å². The normalized spacial score (nSPS) is 13.4. The molecule has 1 nitrogen and oxygen atoms in total. The molecule has 0 rings (SSSR count). The smallest absolute Gasteiger partial charge is 0.0572 e. The zero-order valence-corrected chi connectivity index (χ0v) is 8.36. The van der Waals surface area contributed by atoms with Crippen LogP contribution in [-0.4, -0.2) is 18.6 Å². The highest BCUT2D eigenvalue weighted by atomic mass is 35.5. The fourth-order valence-corrected chi connectivity index (χ4v) is 1.30. The predicted molar refractivity (Wildman–Crippen MR) is 50.3 cm³/mol. The van der Waals surface area contributed by atoms with Gasteiger partial charge in [0.05, 0.1) is 6.10 Å². The maximum atomic E-state index is 5.56. The molecule has 0 radical (unpaired) electrons. The molecule has 2 heteroatoms. The van der Waals surface area contributed by atoms with Gasteiger partial charge in [0.2, 0.25) is 0 Å². The molecule has 0 aromatic rings. The van der Waals surface area contributed by atoms with Crippen molar-refractivity contribution in [3.8, 4) is 0 Å². The molecule has 0 N–H and O–H groups in total. The molecule has 0 aromatic carbocycles. The van der Waals surface area contributed by atoms with Gasteiger partial charge in [-0.1, -0.05) is 6.92 Å². The van der Waals surface area contributed by atoms with E-state index in [2.05, 4.69) is 6.92 Å². The summed E-state index contributed by atoms with van der Waals surface area (Å²) in [4.78, 5) is 0. The van der Waals surface area contributed by atoms with Crippen LogP contribution in [0.5, 0.6) is 0 Å². The Morgan fingerprint density at radius 2 is 2.00 bits per heavy atom. The third-order valence-electron chi connectivity index (χ3n) is 1.77. The van der Waals surface area contributed by atoms with Gasteiger partial charge < -0.3 is 4.74 Å². The van der Waals surface area contributed by atoms with Gasteiger partial charge >= 0.3 is 0 Å². The van der Waals surface area contributed by atoms with Gasteiger partial charge in [-0.2, -0.15) is 0 Å². The molecule has 11 heavy (non-hydrogen) atoms. The molecule has 1 unspecified atom stereocenters. The van der Waals surface area contributed by atoms with Crippen molar-refractivity contribution >= 4 is 11.6 Å². The molecule has 0 aliphatic heterocycles. The summed E-state index contributed by atoms with van der Waals surface area (Å²) < 4.78 is 5.49. The third-order valence-corrected chi connectivity index (χ3v) is 2.03. The molecule has 0 saturated heterocycles. The van der Waals surface area contributed by atoms with Crippen LogP contribution in [0.25, 0.3) is 0 Å². The maximum Gasteiger partial charge on any atom is 0.0572 e. The van der Waals surface area contributed by atoms with Gasteiger partial charge in [-0.25, -0.2) is 0 Å². The number of halogens is 1. The average Bonchev–Trinajstić information content (AvgIpc) is 2.03. The molecule has 0 amide bonds. The lowest BCUT2D eigenvalue weighted by molar-refractivity contribution is 0.0527. The average molecular weight is 179 g/mol. The first kappa shape index (κ1) is 11.2. The van der Waals surface area contributed by atoms with Crippen molar-refractivity contribution in [2.75, 3.05) is 12.5 Å². The lowest BCUT2D eigenvalue weighted by atomic mass is 10.1. The first-order valence-corrected chi connectivity index (χ1v) is 5.06. The monoisotopic (exact) mass is 178 g/mol. The van der Waals surface area contributed by atoms with Gasteiger partial charge in [-0.15, -0.1) is 11.6 Å². The second kappa shape index (κ2) is 8.35. The molecule has 0 bridgehead atoms. The molecule has 0 aliphatic rings. The quantitative estimate of drug-likeness (QED) is 0.430. The second-order valence-corrected chi connectivity index (χ2v) is 3.05. The third kappa shape index (κ3) is 6.64. The van der Waals surface area contributed by atoms with Crippen molar-refractivity contribution in [3.05, 3.63) is 0 Å². The lowest BCUT2D eigenvalue weighted by Crippen LogP contribution is -2.11. The highest BCUT2D eigenvalue weighted by Gasteiger charge is 2.03. The summed E-state index contributed by atoms with van der Waals surface area (Å²) >= 11 is 5.56. The predicted octanol–water partition coefficient (Wildman–Crippen LogP) is 3.21. The van der Waals surface area contributed by atoms with Crippen LogP contribution in [0.1, 0.15) is 39.5 Å². The minimum Gasteiger partial charge on any atom is -0.379 e. The molecule has 1 atom stereocenters. The molecular formula is C9H19ClO. The Morgan fingerprint density at radius 3 is 2.45 bits per heavy atom. The first-order chi connectivity index (χ1) is 5.35. The van der Waals surface area contributed by atoms with E-state index in [0.29, 0.717) is 6.10 Å². The molecule has 0 aromatic heterocycles. The molecule has 0 aliphatic carbocycles. The number of hydrogen-bond donors (Lipinski definition) is 0. The fourth-order valence-electron chi connectivity index (χ4n) is 1.11. The van der Waals surface area contributed by atoms with Crippen LogP contribution in [0, 0.1) is 0 Å². The largest absolute Gasteiger partial charge is 0.379 e. The number of unbranched alkanes of at least 4 members (excludes halogenated alkanes) is 1. The van der Waals surface area contributed by atoms with Crippen LogP contribution < -0.4 is 0 Å². The van der Waals surface area contributed by atoms with E-state index < -0.39 is 0 Å². The van der Waals surface area contributed by atoms with E-state index >= 15 is 0 Å². The highest BCUT2D eigenvalue weighted by Crippen LogP contribution is 2.08. The van der Waals surface area contributed by atoms with Crippen molar-refractivity contribution in [1.82, 2.24) is 0 Å². The summed E-state index contributed by atoms with van der Waals surface area (Å²) in [7, 11) is 0. The Morgan fingerprint density at radius 1 is 1.27 bits per heavy atom. The number of rotatable bonds is 7. The Balaban J connectivity index is 3.20. The van der Waals surface area contributed by atoms with Crippen molar-refractivity contribution in [2.45, 2.75) is 45.6 Å². The zero-order valence-electron chi connectivity index (χ0n) is 7.61. The minimum absolute atomic E-state index is 0.461.